The van der Waals surface area contributed by atoms with Crippen LogP contribution in [0.3, 0.4) is 0 Å². The third-order valence-corrected chi connectivity index (χ3v) is 1.90. The lowest BCUT2D eigenvalue weighted by Gasteiger charge is -1.99. The topological polar surface area (TPSA) is 77.6 Å². The lowest BCUT2D eigenvalue weighted by Crippen LogP contribution is -2.04. The highest BCUT2D eigenvalue weighted by molar-refractivity contribution is 5.41. The maximum absolute atomic E-state index is 5.43. The lowest BCUT2D eigenvalue weighted by atomic mass is 10.2. The third kappa shape index (κ3) is 2.32. The molecule has 0 bridgehead atoms. The summed E-state index contributed by atoms with van der Waals surface area (Å²) in [6.07, 6.45) is 7.63. The highest BCUT2D eigenvalue weighted by Crippen LogP contribution is 2.06. The van der Waals surface area contributed by atoms with Gasteiger partial charge in [0, 0.05) is 24.8 Å². The van der Waals surface area contributed by atoms with Gasteiger partial charge in [0.25, 0.3) is 0 Å². The molecule has 0 atom stereocenters. The van der Waals surface area contributed by atoms with Crippen LogP contribution in [0.2, 0.25) is 0 Å². The van der Waals surface area contributed by atoms with Crippen molar-refractivity contribution < 1.29 is 0 Å². The van der Waals surface area contributed by atoms with Crippen molar-refractivity contribution >= 4 is 0 Å². The fourth-order valence-electron chi connectivity index (χ4n) is 1.18. The van der Waals surface area contributed by atoms with E-state index in [0.717, 1.165) is 12.0 Å². The number of nitrogens with two attached hydrogens (primary N) is 1. The van der Waals surface area contributed by atoms with Crippen molar-refractivity contribution in [3.63, 3.8) is 0 Å². The van der Waals surface area contributed by atoms with Gasteiger partial charge in [0.2, 0.25) is 0 Å². The molecule has 2 N–H and O–H groups in total. The summed E-state index contributed by atoms with van der Waals surface area (Å²) in [5.74, 6) is 1.08. The summed E-state index contributed by atoms with van der Waals surface area (Å²) in [4.78, 5) is 16.5. The Bertz CT molecular complexity index is 412. The second-order valence-electron chi connectivity index (χ2n) is 3.03. The van der Waals surface area contributed by atoms with E-state index in [-0.39, 0.29) is 0 Å². The van der Waals surface area contributed by atoms with Crippen molar-refractivity contribution in [2.45, 2.75) is 6.42 Å². The molecule has 0 amide bonds. The summed E-state index contributed by atoms with van der Waals surface area (Å²) < 4.78 is 0. The molecule has 15 heavy (non-hydrogen) atoms. The highest BCUT2D eigenvalue weighted by Gasteiger charge is 2.02. The van der Waals surface area contributed by atoms with Crippen LogP contribution in [0, 0.1) is 0 Å². The first kappa shape index (κ1) is 9.67. The van der Waals surface area contributed by atoms with Gasteiger partial charge in [-0.05, 0) is 24.6 Å². The molecule has 2 aromatic heterocycles. The zero-order valence-corrected chi connectivity index (χ0v) is 8.17. The van der Waals surface area contributed by atoms with E-state index in [1.807, 2.05) is 0 Å². The predicted molar refractivity (Wildman–Crippen MR) is 55.8 cm³/mol. The van der Waals surface area contributed by atoms with E-state index < -0.39 is 0 Å². The fraction of sp³-hybridized carbons (Fsp3) is 0.200. The molecule has 0 fully saturated rings. The molecule has 0 saturated carbocycles. The van der Waals surface area contributed by atoms with Gasteiger partial charge < -0.3 is 5.73 Å². The zero-order chi connectivity index (χ0) is 10.5. The van der Waals surface area contributed by atoms with Gasteiger partial charge in [-0.25, -0.2) is 19.9 Å². The lowest BCUT2D eigenvalue weighted by molar-refractivity contribution is 0.938. The molecule has 0 radical (unpaired) electrons. The Hall–Kier alpha value is -1.88. The van der Waals surface area contributed by atoms with Crippen molar-refractivity contribution in [3.05, 3.63) is 36.4 Å². The van der Waals surface area contributed by atoms with Crippen LogP contribution >= 0.6 is 0 Å². The van der Waals surface area contributed by atoms with Crippen LogP contribution in [-0.4, -0.2) is 26.5 Å². The fourth-order valence-corrected chi connectivity index (χ4v) is 1.18. The Labute approximate surface area is 87.4 Å². The third-order valence-electron chi connectivity index (χ3n) is 1.90. The molecule has 5 heteroatoms. The number of nitrogens with zero attached hydrogens (tertiary/aromatic N) is 4. The molecule has 0 unspecified atom stereocenters. The number of hydrogen-bond donors (Lipinski definition) is 1. The molecule has 76 valence electrons. The Morgan fingerprint density at radius 1 is 0.933 bits per heavy atom. The van der Waals surface area contributed by atoms with Gasteiger partial charge in [-0.3, -0.25) is 0 Å². The van der Waals surface area contributed by atoms with Gasteiger partial charge in [0.15, 0.2) is 11.6 Å². The van der Waals surface area contributed by atoms with E-state index >= 15 is 0 Å². The molecule has 0 aromatic carbocycles. The van der Waals surface area contributed by atoms with Crippen LogP contribution in [0.1, 0.15) is 5.56 Å². The average molecular weight is 201 g/mol. The monoisotopic (exact) mass is 201 g/mol. The van der Waals surface area contributed by atoms with Crippen LogP contribution in [0.4, 0.5) is 0 Å². The molecule has 2 heterocycles. The Morgan fingerprint density at radius 2 is 1.53 bits per heavy atom. The average Bonchev–Trinajstić information content (AvgIpc) is 2.32. The SMILES string of the molecule is NCCc1cnc(-c2ncccn2)nc1. The minimum Gasteiger partial charge on any atom is -0.330 e. The summed E-state index contributed by atoms with van der Waals surface area (Å²) in [5, 5.41) is 0. The number of hydrogen-bond acceptors (Lipinski definition) is 5. The van der Waals surface area contributed by atoms with E-state index in [0.29, 0.717) is 18.2 Å². The molecule has 0 aliphatic rings. The highest BCUT2D eigenvalue weighted by atomic mass is 15.0. The van der Waals surface area contributed by atoms with Gasteiger partial charge in [-0.15, -0.1) is 0 Å². The van der Waals surface area contributed by atoms with Gasteiger partial charge in [-0.1, -0.05) is 0 Å². The maximum Gasteiger partial charge on any atom is 0.197 e. The summed E-state index contributed by atoms with van der Waals surface area (Å²) in [6.45, 7) is 0.602. The molecule has 0 aliphatic heterocycles. The molecule has 0 aliphatic carbocycles. The molecule has 2 aromatic rings. The molecule has 0 spiro atoms. The minimum absolute atomic E-state index is 0.538. The molecular weight excluding hydrogens is 190 g/mol. The van der Waals surface area contributed by atoms with Crippen molar-refractivity contribution in [2.75, 3.05) is 6.54 Å². The molecule has 2 rings (SSSR count). The van der Waals surface area contributed by atoms with E-state index in [2.05, 4.69) is 19.9 Å². The first-order valence-corrected chi connectivity index (χ1v) is 4.68. The Kier molecular flexibility index (Phi) is 2.94. The van der Waals surface area contributed by atoms with Gasteiger partial charge >= 0.3 is 0 Å². The number of aromatic nitrogens is 4. The van der Waals surface area contributed by atoms with E-state index in [9.17, 15) is 0 Å². The predicted octanol–water partition coefficient (Wildman–Crippen LogP) is 0.435. The molecule has 5 nitrogen and oxygen atoms in total. The van der Waals surface area contributed by atoms with Crippen molar-refractivity contribution in [1.82, 2.24) is 19.9 Å². The van der Waals surface area contributed by atoms with Crippen LogP contribution < -0.4 is 5.73 Å². The quantitative estimate of drug-likeness (QED) is 0.779. The smallest absolute Gasteiger partial charge is 0.197 e. The van der Waals surface area contributed by atoms with E-state index in [1.165, 1.54) is 0 Å². The van der Waals surface area contributed by atoms with Gasteiger partial charge in [0.1, 0.15) is 0 Å². The summed E-state index contributed by atoms with van der Waals surface area (Å²) >= 11 is 0. The van der Waals surface area contributed by atoms with Gasteiger partial charge in [0.05, 0.1) is 0 Å². The first-order chi connectivity index (χ1) is 7.40. The second kappa shape index (κ2) is 4.56. The standard InChI is InChI=1S/C10H11N5/c11-3-2-8-6-14-10(15-7-8)9-12-4-1-5-13-9/h1,4-7H,2-3,11H2. The van der Waals surface area contributed by atoms with Crippen LogP contribution in [-0.2, 0) is 6.42 Å². The minimum atomic E-state index is 0.538. The maximum atomic E-state index is 5.43. The van der Waals surface area contributed by atoms with Crippen molar-refractivity contribution in [3.8, 4) is 11.6 Å². The number of rotatable bonds is 3. The Balaban J connectivity index is 2.24. The summed E-state index contributed by atoms with van der Waals surface area (Å²) in [7, 11) is 0. The Morgan fingerprint density at radius 3 is 2.13 bits per heavy atom. The van der Waals surface area contributed by atoms with Crippen LogP contribution in [0.5, 0.6) is 0 Å². The van der Waals surface area contributed by atoms with Gasteiger partial charge in [-0.2, -0.15) is 0 Å². The summed E-state index contributed by atoms with van der Waals surface area (Å²) in [6, 6.07) is 1.76. The van der Waals surface area contributed by atoms with E-state index in [1.54, 1.807) is 30.9 Å². The van der Waals surface area contributed by atoms with Crippen LogP contribution in [0.15, 0.2) is 30.9 Å². The van der Waals surface area contributed by atoms with E-state index in [4.69, 9.17) is 5.73 Å². The summed E-state index contributed by atoms with van der Waals surface area (Å²) in [5.41, 5.74) is 6.45. The largest absolute Gasteiger partial charge is 0.330 e. The molecule has 0 saturated heterocycles. The molecular formula is C10H11N5. The van der Waals surface area contributed by atoms with Crippen LogP contribution in [0.25, 0.3) is 11.6 Å². The zero-order valence-electron chi connectivity index (χ0n) is 8.17. The van der Waals surface area contributed by atoms with Crippen molar-refractivity contribution in [1.29, 1.82) is 0 Å². The van der Waals surface area contributed by atoms with Crippen molar-refractivity contribution in [2.24, 2.45) is 5.73 Å². The normalized spacial score (nSPS) is 10.2. The second-order valence-corrected chi connectivity index (χ2v) is 3.03. The first-order valence-electron chi connectivity index (χ1n) is 4.68.